The summed E-state index contributed by atoms with van der Waals surface area (Å²) in [5, 5.41) is 0. The first-order chi connectivity index (χ1) is 13.6. The third-order valence-electron chi connectivity index (χ3n) is 4.47. The Kier molecular flexibility index (Phi) is 9.19. The fraction of sp³-hybridized carbons (Fsp3) is 0.435. The van der Waals surface area contributed by atoms with Crippen LogP contribution < -0.4 is 5.49 Å². The molecule has 0 saturated carbocycles. The molecule has 0 bridgehead atoms. The fourth-order valence-corrected chi connectivity index (χ4v) is 3.12. The predicted octanol–water partition coefficient (Wildman–Crippen LogP) is 3.78. The Hall–Kier alpha value is -2.69. The first kappa shape index (κ1) is 21.6. The summed E-state index contributed by atoms with van der Waals surface area (Å²) in [4.78, 5) is 30.8. The van der Waals surface area contributed by atoms with Gasteiger partial charge in [0, 0.05) is 38.7 Å². The zero-order valence-electron chi connectivity index (χ0n) is 17.0. The van der Waals surface area contributed by atoms with E-state index < -0.39 is 0 Å². The van der Waals surface area contributed by atoms with Crippen molar-refractivity contribution in [2.24, 2.45) is 4.99 Å². The van der Waals surface area contributed by atoms with Gasteiger partial charge in [0.2, 0.25) is 11.8 Å². The molecule has 2 aromatic rings. The van der Waals surface area contributed by atoms with Gasteiger partial charge in [-0.2, -0.15) is 4.99 Å². The summed E-state index contributed by atoms with van der Waals surface area (Å²) in [6.07, 6.45) is 5.07. The van der Waals surface area contributed by atoms with Gasteiger partial charge in [-0.15, -0.1) is 0 Å². The summed E-state index contributed by atoms with van der Waals surface area (Å²) < 4.78 is 1.96. The van der Waals surface area contributed by atoms with Gasteiger partial charge < -0.3 is 9.47 Å². The average molecular weight is 382 g/mol. The highest BCUT2D eigenvalue weighted by Gasteiger charge is 2.12. The van der Waals surface area contributed by atoms with E-state index in [2.05, 4.69) is 31.0 Å². The standard InChI is InChI=1S/C23H31N3O2/c1-3-16-25(17-4-2)23(28)15-10-14-22(27)24-21-13-8-9-18-26(21)19-20-11-6-5-7-12-20/h5-9,11-13,18H,3-4,10,14-17,19H2,1-2H3. The van der Waals surface area contributed by atoms with E-state index in [0.29, 0.717) is 24.9 Å². The molecule has 0 unspecified atom stereocenters. The van der Waals surface area contributed by atoms with Gasteiger partial charge in [-0.25, -0.2) is 0 Å². The molecule has 1 heterocycles. The van der Waals surface area contributed by atoms with Crippen LogP contribution >= 0.6 is 0 Å². The molecule has 0 N–H and O–H groups in total. The fourth-order valence-electron chi connectivity index (χ4n) is 3.12. The summed E-state index contributed by atoms with van der Waals surface area (Å²) >= 11 is 0. The number of carbonyl (C=O) groups is 2. The number of nitrogens with zero attached hydrogens (tertiary/aromatic N) is 3. The van der Waals surface area contributed by atoms with Crippen LogP contribution in [0.2, 0.25) is 0 Å². The number of pyridine rings is 1. The summed E-state index contributed by atoms with van der Waals surface area (Å²) in [5.74, 6) is -0.0475. The Morgan fingerprint density at radius 2 is 1.61 bits per heavy atom. The van der Waals surface area contributed by atoms with E-state index in [9.17, 15) is 9.59 Å². The second-order valence-electron chi connectivity index (χ2n) is 6.91. The number of hydrogen-bond acceptors (Lipinski definition) is 2. The topological polar surface area (TPSA) is 54.7 Å². The Bertz CT molecular complexity index is 806. The number of hydrogen-bond donors (Lipinski definition) is 0. The van der Waals surface area contributed by atoms with Crippen molar-refractivity contribution in [2.75, 3.05) is 13.1 Å². The third-order valence-corrected chi connectivity index (χ3v) is 4.47. The van der Waals surface area contributed by atoms with Gasteiger partial charge in [0.05, 0.1) is 0 Å². The number of amides is 2. The van der Waals surface area contributed by atoms with Crippen LogP contribution in [0.15, 0.2) is 59.7 Å². The van der Waals surface area contributed by atoms with Crippen molar-refractivity contribution >= 4 is 11.8 Å². The van der Waals surface area contributed by atoms with Gasteiger partial charge in [-0.05, 0) is 37.0 Å². The molecule has 0 fully saturated rings. The van der Waals surface area contributed by atoms with Crippen molar-refractivity contribution in [1.82, 2.24) is 9.47 Å². The van der Waals surface area contributed by atoms with E-state index in [1.807, 2.05) is 52.1 Å². The first-order valence-corrected chi connectivity index (χ1v) is 10.2. The van der Waals surface area contributed by atoms with Crippen molar-refractivity contribution in [3.8, 4) is 0 Å². The van der Waals surface area contributed by atoms with Gasteiger partial charge in [0.15, 0.2) is 0 Å². The Labute approximate surface area is 167 Å². The van der Waals surface area contributed by atoms with Gasteiger partial charge in [-0.1, -0.05) is 50.2 Å². The number of rotatable bonds is 10. The minimum Gasteiger partial charge on any atom is -0.343 e. The summed E-state index contributed by atoms with van der Waals surface area (Å²) in [6.45, 7) is 6.38. The lowest BCUT2D eigenvalue weighted by Gasteiger charge is -2.21. The quantitative estimate of drug-likeness (QED) is 0.629. The van der Waals surface area contributed by atoms with E-state index >= 15 is 0 Å². The molecule has 0 atom stereocenters. The largest absolute Gasteiger partial charge is 0.343 e. The highest BCUT2D eigenvalue weighted by Crippen LogP contribution is 2.05. The maximum absolute atomic E-state index is 12.3. The lowest BCUT2D eigenvalue weighted by Crippen LogP contribution is -2.32. The first-order valence-electron chi connectivity index (χ1n) is 10.2. The van der Waals surface area contributed by atoms with Crippen LogP contribution in [0, 0.1) is 0 Å². The average Bonchev–Trinajstić information content (AvgIpc) is 2.70. The number of aromatic nitrogens is 1. The molecule has 28 heavy (non-hydrogen) atoms. The van der Waals surface area contributed by atoms with Gasteiger partial charge in [-0.3, -0.25) is 9.59 Å². The summed E-state index contributed by atoms with van der Waals surface area (Å²) in [5.41, 5.74) is 1.79. The highest BCUT2D eigenvalue weighted by molar-refractivity contribution is 5.79. The van der Waals surface area contributed by atoms with Crippen molar-refractivity contribution in [3.05, 3.63) is 65.8 Å². The lowest BCUT2D eigenvalue weighted by molar-refractivity contribution is -0.131. The van der Waals surface area contributed by atoms with Crippen LogP contribution in [-0.4, -0.2) is 34.4 Å². The van der Waals surface area contributed by atoms with Crippen LogP contribution in [0.3, 0.4) is 0 Å². The van der Waals surface area contributed by atoms with Crippen LogP contribution in [0.5, 0.6) is 0 Å². The van der Waals surface area contributed by atoms with Gasteiger partial charge in [0.25, 0.3) is 0 Å². The molecule has 1 aromatic heterocycles. The van der Waals surface area contributed by atoms with Crippen molar-refractivity contribution in [3.63, 3.8) is 0 Å². The monoisotopic (exact) mass is 381 g/mol. The van der Waals surface area contributed by atoms with E-state index in [0.717, 1.165) is 31.5 Å². The summed E-state index contributed by atoms with van der Waals surface area (Å²) in [6, 6.07) is 15.7. The third kappa shape index (κ3) is 7.14. The van der Waals surface area contributed by atoms with E-state index in [1.54, 1.807) is 0 Å². The van der Waals surface area contributed by atoms with E-state index in [-0.39, 0.29) is 18.2 Å². The smallest absolute Gasteiger partial charge is 0.247 e. The molecular weight excluding hydrogens is 350 g/mol. The van der Waals surface area contributed by atoms with Gasteiger partial charge >= 0.3 is 0 Å². The van der Waals surface area contributed by atoms with Gasteiger partial charge in [0.1, 0.15) is 5.49 Å². The molecule has 150 valence electrons. The summed E-state index contributed by atoms with van der Waals surface area (Å²) in [7, 11) is 0. The second-order valence-corrected chi connectivity index (χ2v) is 6.91. The van der Waals surface area contributed by atoms with E-state index in [1.165, 1.54) is 0 Å². The molecule has 0 aliphatic rings. The minimum atomic E-state index is -0.182. The van der Waals surface area contributed by atoms with Crippen LogP contribution in [0.1, 0.15) is 51.5 Å². The zero-order valence-corrected chi connectivity index (χ0v) is 17.0. The van der Waals surface area contributed by atoms with Crippen LogP contribution in [0.4, 0.5) is 0 Å². The molecule has 0 aliphatic heterocycles. The predicted molar refractivity (Wildman–Crippen MR) is 112 cm³/mol. The Balaban J connectivity index is 1.95. The zero-order chi connectivity index (χ0) is 20.2. The second kappa shape index (κ2) is 11.9. The molecule has 0 spiro atoms. The molecule has 2 rings (SSSR count). The number of carbonyl (C=O) groups excluding carboxylic acids is 2. The van der Waals surface area contributed by atoms with Crippen LogP contribution in [-0.2, 0) is 16.1 Å². The van der Waals surface area contributed by atoms with Crippen molar-refractivity contribution < 1.29 is 9.59 Å². The maximum atomic E-state index is 12.3. The van der Waals surface area contributed by atoms with Crippen LogP contribution in [0.25, 0.3) is 0 Å². The van der Waals surface area contributed by atoms with Crippen molar-refractivity contribution in [2.45, 2.75) is 52.5 Å². The van der Waals surface area contributed by atoms with E-state index in [4.69, 9.17) is 0 Å². The Morgan fingerprint density at radius 3 is 2.29 bits per heavy atom. The highest BCUT2D eigenvalue weighted by atomic mass is 16.2. The lowest BCUT2D eigenvalue weighted by atomic mass is 10.2. The molecular formula is C23H31N3O2. The molecule has 5 nitrogen and oxygen atoms in total. The minimum absolute atomic E-state index is 0.135. The normalized spacial score (nSPS) is 11.4. The molecule has 5 heteroatoms. The number of benzene rings is 1. The molecule has 2 amide bonds. The SMILES string of the molecule is CCCN(CCC)C(=O)CCCC(=O)N=c1ccccn1Cc1ccccc1. The maximum Gasteiger partial charge on any atom is 0.247 e. The molecule has 0 aliphatic carbocycles. The molecule has 0 radical (unpaired) electrons. The Morgan fingerprint density at radius 1 is 0.929 bits per heavy atom. The molecule has 0 saturated heterocycles. The van der Waals surface area contributed by atoms with Crippen molar-refractivity contribution in [1.29, 1.82) is 0 Å². The molecule has 1 aromatic carbocycles.